The zero-order valence-corrected chi connectivity index (χ0v) is 11.4. The summed E-state index contributed by atoms with van der Waals surface area (Å²) in [5.41, 5.74) is 0.304. The second-order valence-electron chi connectivity index (χ2n) is 4.21. The Kier molecular flexibility index (Phi) is 5.77. The van der Waals surface area contributed by atoms with E-state index in [0.717, 1.165) is 0 Å². The Hall–Kier alpha value is -1.61. The van der Waals surface area contributed by atoms with Gasteiger partial charge in [0.1, 0.15) is 5.92 Å². The minimum atomic E-state index is -2.56. The van der Waals surface area contributed by atoms with E-state index in [2.05, 4.69) is 5.32 Å². The second kappa shape index (κ2) is 7.10. The van der Waals surface area contributed by atoms with Crippen molar-refractivity contribution >= 4 is 23.4 Å². The van der Waals surface area contributed by atoms with Crippen molar-refractivity contribution in [3.05, 3.63) is 24.3 Å². The van der Waals surface area contributed by atoms with Gasteiger partial charge in [0, 0.05) is 4.90 Å². The summed E-state index contributed by atoms with van der Waals surface area (Å²) in [5, 5.41) is 11.5. The molecule has 0 bridgehead atoms. The van der Waals surface area contributed by atoms with Crippen molar-refractivity contribution in [3.8, 4) is 6.07 Å². The van der Waals surface area contributed by atoms with E-state index in [0.29, 0.717) is 17.4 Å². The van der Waals surface area contributed by atoms with Gasteiger partial charge in [-0.2, -0.15) is 14.0 Å². The van der Waals surface area contributed by atoms with E-state index in [9.17, 15) is 13.6 Å². The highest BCUT2D eigenvalue weighted by Crippen LogP contribution is 2.32. The Morgan fingerprint density at radius 1 is 1.37 bits per heavy atom. The number of nitriles is 1. The van der Waals surface area contributed by atoms with E-state index in [4.69, 9.17) is 5.26 Å². The van der Waals surface area contributed by atoms with E-state index in [1.807, 2.05) is 6.07 Å². The van der Waals surface area contributed by atoms with Gasteiger partial charge < -0.3 is 5.32 Å². The molecule has 0 spiro atoms. The molecule has 1 rings (SSSR count). The number of nitrogens with zero attached hydrogens (tertiary/aromatic N) is 1. The number of carbonyl (C=O) groups excluding carboxylic acids is 1. The first-order valence-corrected chi connectivity index (χ1v) is 6.58. The van der Waals surface area contributed by atoms with Crippen molar-refractivity contribution in [2.45, 2.75) is 24.5 Å². The topological polar surface area (TPSA) is 52.9 Å². The van der Waals surface area contributed by atoms with Crippen LogP contribution in [0.1, 0.15) is 13.8 Å². The first kappa shape index (κ1) is 15.4. The quantitative estimate of drug-likeness (QED) is 0.838. The first-order chi connectivity index (χ1) is 8.95. The SMILES string of the molecule is CC(C)C(C#N)C(=O)Nc1ccccc1SC(F)F. The average Bonchev–Trinajstić information content (AvgIpc) is 2.31. The molecule has 3 nitrogen and oxygen atoms in total. The molecule has 19 heavy (non-hydrogen) atoms. The van der Waals surface area contributed by atoms with Crippen LogP contribution in [0.25, 0.3) is 0 Å². The molecule has 0 fully saturated rings. The fourth-order valence-corrected chi connectivity index (χ4v) is 2.08. The van der Waals surface area contributed by atoms with Crippen molar-refractivity contribution in [1.82, 2.24) is 0 Å². The van der Waals surface area contributed by atoms with Crippen molar-refractivity contribution in [3.63, 3.8) is 0 Å². The third kappa shape index (κ3) is 4.52. The van der Waals surface area contributed by atoms with Gasteiger partial charge in [0.05, 0.1) is 11.8 Å². The number of nitrogens with one attached hydrogen (secondary N) is 1. The lowest BCUT2D eigenvalue weighted by Gasteiger charge is -2.15. The zero-order valence-electron chi connectivity index (χ0n) is 10.6. The number of alkyl halides is 2. The maximum Gasteiger partial charge on any atom is 0.288 e. The Bertz CT molecular complexity index is 486. The molecular weight excluding hydrogens is 270 g/mol. The molecule has 1 aromatic carbocycles. The number of para-hydroxylation sites is 1. The summed E-state index contributed by atoms with van der Waals surface area (Å²) in [6, 6.07) is 8.21. The third-order valence-electron chi connectivity index (χ3n) is 2.45. The Morgan fingerprint density at radius 3 is 2.53 bits per heavy atom. The van der Waals surface area contributed by atoms with E-state index < -0.39 is 17.6 Å². The van der Waals surface area contributed by atoms with Gasteiger partial charge in [-0.3, -0.25) is 4.79 Å². The van der Waals surface area contributed by atoms with Gasteiger partial charge in [0.15, 0.2) is 0 Å². The molecule has 6 heteroatoms. The molecule has 1 atom stereocenters. The number of thioether (sulfide) groups is 1. The fourth-order valence-electron chi connectivity index (χ4n) is 1.49. The summed E-state index contributed by atoms with van der Waals surface area (Å²) in [5.74, 6) is -3.97. The van der Waals surface area contributed by atoms with Crippen LogP contribution in [0.4, 0.5) is 14.5 Å². The molecule has 0 aliphatic heterocycles. The van der Waals surface area contributed by atoms with Crippen LogP contribution < -0.4 is 5.32 Å². The lowest BCUT2D eigenvalue weighted by Crippen LogP contribution is -2.25. The standard InChI is InChI=1S/C13H14F2N2OS/c1-8(2)9(7-16)12(18)17-10-5-3-4-6-11(10)19-13(14)15/h3-6,8-9,13H,1-2H3,(H,17,18). The molecule has 1 amide bonds. The smallest absolute Gasteiger partial charge is 0.288 e. The van der Waals surface area contributed by atoms with Crippen LogP contribution in [-0.2, 0) is 4.79 Å². The lowest BCUT2D eigenvalue weighted by atomic mass is 9.96. The number of amides is 1. The van der Waals surface area contributed by atoms with E-state index in [-0.39, 0.29) is 10.8 Å². The molecule has 1 aromatic rings. The summed E-state index contributed by atoms with van der Waals surface area (Å²) >= 11 is 0.364. The van der Waals surface area contributed by atoms with Gasteiger partial charge in [-0.15, -0.1) is 0 Å². The lowest BCUT2D eigenvalue weighted by molar-refractivity contribution is -0.119. The second-order valence-corrected chi connectivity index (χ2v) is 5.25. The average molecular weight is 284 g/mol. The number of hydrogen-bond acceptors (Lipinski definition) is 3. The van der Waals surface area contributed by atoms with Crippen LogP contribution in [0.5, 0.6) is 0 Å². The Morgan fingerprint density at radius 2 is 2.00 bits per heavy atom. The van der Waals surface area contributed by atoms with Crippen LogP contribution in [0.3, 0.4) is 0 Å². The molecule has 0 heterocycles. The highest BCUT2D eigenvalue weighted by Gasteiger charge is 2.22. The van der Waals surface area contributed by atoms with Crippen molar-refractivity contribution in [2.75, 3.05) is 5.32 Å². The number of halogens is 2. The van der Waals surface area contributed by atoms with E-state index >= 15 is 0 Å². The molecule has 0 saturated heterocycles. The van der Waals surface area contributed by atoms with Gasteiger partial charge in [0.25, 0.3) is 5.76 Å². The molecular formula is C13H14F2N2OS. The summed E-state index contributed by atoms with van der Waals surface area (Å²) < 4.78 is 24.8. The molecule has 0 radical (unpaired) electrons. The predicted octanol–water partition coefficient (Wildman–Crippen LogP) is 3.74. The van der Waals surface area contributed by atoms with Gasteiger partial charge in [-0.25, -0.2) is 0 Å². The summed E-state index contributed by atoms with van der Waals surface area (Å²) in [6.07, 6.45) is 0. The Labute approximate surface area is 115 Å². The highest BCUT2D eigenvalue weighted by molar-refractivity contribution is 7.99. The summed E-state index contributed by atoms with van der Waals surface area (Å²) in [4.78, 5) is 12.2. The maximum atomic E-state index is 12.4. The predicted molar refractivity (Wildman–Crippen MR) is 70.9 cm³/mol. The van der Waals surface area contributed by atoms with Crippen LogP contribution in [0, 0.1) is 23.2 Å². The maximum absolute atomic E-state index is 12.4. The van der Waals surface area contributed by atoms with Gasteiger partial charge in [-0.05, 0) is 18.1 Å². The van der Waals surface area contributed by atoms with Crippen LogP contribution >= 0.6 is 11.8 Å². The summed E-state index contributed by atoms with van der Waals surface area (Å²) in [7, 11) is 0. The first-order valence-electron chi connectivity index (χ1n) is 5.70. The van der Waals surface area contributed by atoms with Crippen molar-refractivity contribution < 1.29 is 13.6 Å². The van der Waals surface area contributed by atoms with Gasteiger partial charge >= 0.3 is 0 Å². The minimum absolute atomic E-state index is 0.139. The van der Waals surface area contributed by atoms with E-state index in [1.165, 1.54) is 12.1 Å². The van der Waals surface area contributed by atoms with Crippen LogP contribution in [0.15, 0.2) is 29.2 Å². The molecule has 1 N–H and O–H groups in total. The third-order valence-corrected chi connectivity index (χ3v) is 3.24. The van der Waals surface area contributed by atoms with Crippen molar-refractivity contribution in [1.29, 1.82) is 5.26 Å². The molecule has 1 unspecified atom stereocenters. The fraction of sp³-hybridized carbons (Fsp3) is 0.385. The molecule has 0 aliphatic rings. The monoisotopic (exact) mass is 284 g/mol. The minimum Gasteiger partial charge on any atom is -0.324 e. The highest BCUT2D eigenvalue weighted by atomic mass is 32.2. The molecule has 0 saturated carbocycles. The number of rotatable bonds is 5. The molecule has 0 aromatic heterocycles. The van der Waals surface area contributed by atoms with Crippen LogP contribution in [-0.4, -0.2) is 11.7 Å². The summed E-state index contributed by atoms with van der Waals surface area (Å²) in [6.45, 7) is 3.51. The Balaban J connectivity index is 2.88. The van der Waals surface area contributed by atoms with Gasteiger partial charge in [-0.1, -0.05) is 37.7 Å². The molecule has 0 aliphatic carbocycles. The normalized spacial score (nSPS) is 12.3. The number of anilines is 1. The van der Waals surface area contributed by atoms with Gasteiger partial charge in [0.2, 0.25) is 5.91 Å². The zero-order chi connectivity index (χ0) is 14.4. The number of carbonyl (C=O) groups is 1. The number of hydrogen-bond donors (Lipinski definition) is 1. The largest absolute Gasteiger partial charge is 0.324 e. The van der Waals surface area contributed by atoms with E-state index in [1.54, 1.807) is 26.0 Å². The van der Waals surface area contributed by atoms with Crippen molar-refractivity contribution in [2.24, 2.45) is 11.8 Å². The number of benzene rings is 1. The molecule has 102 valence electrons. The van der Waals surface area contributed by atoms with Crippen LogP contribution in [0.2, 0.25) is 0 Å².